The molecule has 1 aromatic rings. The molecule has 17 heavy (non-hydrogen) atoms. The van der Waals surface area contributed by atoms with E-state index in [0.29, 0.717) is 12.0 Å². The van der Waals surface area contributed by atoms with Gasteiger partial charge in [-0.3, -0.25) is 4.68 Å². The first-order valence-corrected chi connectivity index (χ1v) is 6.78. The number of nitrogens with zero attached hydrogens (tertiary/aromatic N) is 2. The van der Waals surface area contributed by atoms with E-state index in [2.05, 4.69) is 35.9 Å². The zero-order chi connectivity index (χ0) is 13.0. The molecule has 0 bridgehead atoms. The minimum atomic E-state index is 0.368. The summed E-state index contributed by atoms with van der Waals surface area (Å²) in [7, 11) is 0. The number of aryl methyl sites for hydroxylation is 1. The second kappa shape index (κ2) is 6.41. The van der Waals surface area contributed by atoms with Crippen molar-refractivity contribution >= 4 is 11.6 Å². The average molecular weight is 258 g/mol. The summed E-state index contributed by atoms with van der Waals surface area (Å²) < 4.78 is 2.07. The Balaban J connectivity index is 2.86. The number of aromatic nitrogens is 2. The van der Waals surface area contributed by atoms with Crippen LogP contribution in [0, 0.1) is 19.8 Å². The lowest BCUT2D eigenvalue weighted by molar-refractivity contribution is 0.324. The quantitative estimate of drug-likeness (QED) is 0.792. The van der Waals surface area contributed by atoms with E-state index in [1.807, 2.05) is 13.8 Å². The number of hydrogen-bond acceptors (Lipinski definition) is 2. The summed E-state index contributed by atoms with van der Waals surface area (Å²) >= 11 is 6.20. The van der Waals surface area contributed by atoms with Crippen molar-refractivity contribution in [3.05, 3.63) is 16.4 Å². The van der Waals surface area contributed by atoms with Gasteiger partial charge in [0.1, 0.15) is 0 Å². The molecule has 3 nitrogen and oxygen atoms in total. The van der Waals surface area contributed by atoms with Crippen molar-refractivity contribution in [1.82, 2.24) is 15.1 Å². The summed E-state index contributed by atoms with van der Waals surface area (Å²) in [6.45, 7) is 12.6. The van der Waals surface area contributed by atoms with Gasteiger partial charge in [-0.05, 0) is 32.7 Å². The van der Waals surface area contributed by atoms with E-state index < -0.39 is 0 Å². The second-order valence-electron chi connectivity index (χ2n) is 4.94. The Morgan fingerprint density at radius 3 is 2.41 bits per heavy atom. The van der Waals surface area contributed by atoms with E-state index in [4.69, 9.17) is 11.6 Å². The van der Waals surface area contributed by atoms with Crippen LogP contribution in [0.1, 0.15) is 44.6 Å². The van der Waals surface area contributed by atoms with Gasteiger partial charge < -0.3 is 5.32 Å². The van der Waals surface area contributed by atoms with Crippen molar-refractivity contribution in [2.75, 3.05) is 13.1 Å². The number of hydrogen-bond donors (Lipinski definition) is 1. The van der Waals surface area contributed by atoms with Crippen LogP contribution in [0.4, 0.5) is 0 Å². The van der Waals surface area contributed by atoms with Crippen LogP contribution < -0.4 is 5.32 Å². The standard InChI is InChI=1S/C13H24ClN3/c1-6-7-15-8-12(9(2)3)17-11(5)13(14)10(4)16-17/h9,12,15H,6-8H2,1-5H3. The summed E-state index contributed by atoms with van der Waals surface area (Å²) in [6, 6.07) is 0.368. The molecule has 0 aliphatic heterocycles. The summed E-state index contributed by atoms with van der Waals surface area (Å²) in [5, 5.41) is 8.82. The summed E-state index contributed by atoms with van der Waals surface area (Å²) in [6.07, 6.45) is 1.16. The first-order chi connectivity index (χ1) is 7.99. The van der Waals surface area contributed by atoms with Crippen molar-refractivity contribution < 1.29 is 0 Å². The molecule has 0 saturated carbocycles. The highest BCUT2D eigenvalue weighted by Crippen LogP contribution is 2.25. The van der Waals surface area contributed by atoms with Crippen LogP contribution >= 0.6 is 11.6 Å². The summed E-state index contributed by atoms with van der Waals surface area (Å²) in [5.41, 5.74) is 1.99. The molecular formula is C13H24ClN3. The van der Waals surface area contributed by atoms with E-state index in [9.17, 15) is 0 Å². The van der Waals surface area contributed by atoms with Crippen LogP contribution in [-0.4, -0.2) is 22.9 Å². The van der Waals surface area contributed by atoms with Gasteiger partial charge in [0.15, 0.2) is 0 Å². The van der Waals surface area contributed by atoms with Crippen LogP contribution in [-0.2, 0) is 0 Å². The molecule has 0 spiro atoms. The zero-order valence-electron chi connectivity index (χ0n) is 11.5. The number of rotatable bonds is 6. The third kappa shape index (κ3) is 3.46. The monoisotopic (exact) mass is 257 g/mol. The zero-order valence-corrected chi connectivity index (χ0v) is 12.3. The lowest BCUT2D eigenvalue weighted by atomic mass is 10.0. The van der Waals surface area contributed by atoms with E-state index in [1.165, 1.54) is 0 Å². The van der Waals surface area contributed by atoms with Gasteiger partial charge in [-0.25, -0.2) is 0 Å². The fourth-order valence-corrected chi connectivity index (χ4v) is 2.12. The second-order valence-corrected chi connectivity index (χ2v) is 5.32. The third-order valence-electron chi connectivity index (χ3n) is 3.10. The predicted octanol–water partition coefficient (Wildman–Crippen LogP) is 3.35. The Morgan fingerprint density at radius 2 is 2.00 bits per heavy atom. The lowest BCUT2D eigenvalue weighted by Crippen LogP contribution is -2.30. The molecule has 0 fully saturated rings. The maximum Gasteiger partial charge on any atom is 0.0844 e. The highest BCUT2D eigenvalue weighted by molar-refractivity contribution is 6.31. The number of nitrogens with one attached hydrogen (secondary N) is 1. The van der Waals surface area contributed by atoms with E-state index in [-0.39, 0.29) is 0 Å². The minimum Gasteiger partial charge on any atom is -0.315 e. The molecule has 4 heteroatoms. The first-order valence-electron chi connectivity index (χ1n) is 6.40. The highest BCUT2D eigenvalue weighted by atomic mass is 35.5. The maximum absolute atomic E-state index is 6.20. The number of halogens is 1. The molecule has 1 unspecified atom stereocenters. The SMILES string of the molecule is CCCNCC(C(C)C)n1nc(C)c(Cl)c1C. The predicted molar refractivity (Wildman–Crippen MR) is 73.7 cm³/mol. The molecule has 0 amide bonds. The van der Waals surface area contributed by atoms with Gasteiger partial charge >= 0.3 is 0 Å². The molecule has 0 aliphatic carbocycles. The molecule has 1 aromatic heterocycles. The average Bonchev–Trinajstić information content (AvgIpc) is 2.52. The molecular weight excluding hydrogens is 234 g/mol. The fraction of sp³-hybridized carbons (Fsp3) is 0.769. The van der Waals surface area contributed by atoms with Gasteiger partial charge in [0.25, 0.3) is 0 Å². The Labute approximate surface area is 110 Å². The van der Waals surface area contributed by atoms with Crippen LogP contribution in [0.5, 0.6) is 0 Å². The molecule has 1 atom stereocenters. The Bertz CT molecular complexity index is 358. The van der Waals surface area contributed by atoms with Crippen molar-refractivity contribution in [2.45, 2.75) is 47.1 Å². The molecule has 1 heterocycles. The van der Waals surface area contributed by atoms with Crippen molar-refractivity contribution in [2.24, 2.45) is 5.92 Å². The van der Waals surface area contributed by atoms with Gasteiger partial charge in [0, 0.05) is 6.54 Å². The van der Waals surface area contributed by atoms with Gasteiger partial charge in [-0.1, -0.05) is 32.4 Å². The Kier molecular flexibility index (Phi) is 5.47. The van der Waals surface area contributed by atoms with Crippen LogP contribution in [0.25, 0.3) is 0 Å². The first kappa shape index (κ1) is 14.5. The lowest BCUT2D eigenvalue weighted by Gasteiger charge is -2.23. The Hall–Kier alpha value is -0.540. The third-order valence-corrected chi connectivity index (χ3v) is 3.65. The van der Waals surface area contributed by atoms with Crippen LogP contribution in [0.15, 0.2) is 0 Å². The molecule has 98 valence electrons. The van der Waals surface area contributed by atoms with E-state index in [0.717, 1.165) is 35.9 Å². The molecule has 1 rings (SSSR count). The maximum atomic E-state index is 6.20. The van der Waals surface area contributed by atoms with E-state index in [1.54, 1.807) is 0 Å². The molecule has 1 N–H and O–H groups in total. The van der Waals surface area contributed by atoms with Gasteiger partial charge in [-0.15, -0.1) is 0 Å². The van der Waals surface area contributed by atoms with Crippen LogP contribution in [0.3, 0.4) is 0 Å². The van der Waals surface area contributed by atoms with E-state index >= 15 is 0 Å². The van der Waals surface area contributed by atoms with Gasteiger partial charge in [0.05, 0.1) is 22.5 Å². The molecule has 0 aromatic carbocycles. The molecule has 0 saturated heterocycles. The fourth-order valence-electron chi connectivity index (χ4n) is 2.00. The Morgan fingerprint density at radius 1 is 1.35 bits per heavy atom. The van der Waals surface area contributed by atoms with Gasteiger partial charge in [0.2, 0.25) is 0 Å². The molecule has 0 aliphatic rings. The van der Waals surface area contributed by atoms with Crippen molar-refractivity contribution in [3.63, 3.8) is 0 Å². The normalized spacial score (nSPS) is 13.4. The summed E-state index contributed by atoms with van der Waals surface area (Å²) in [4.78, 5) is 0. The van der Waals surface area contributed by atoms with Crippen molar-refractivity contribution in [1.29, 1.82) is 0 Å². The van der Waals surface area contributed by atoms with Gasteiger partial charge in [-0.2, -0.15) is 5.10 Å². The smallest absolute Gasteiger partial charge is 0.0844 e. The minimum absolute atomic E-state index is 0.368. The van der Waals surface area contributed by atoms with Crippen molar-refractivity contribution in [3.8, 4) is 0 Å². The summed E-state index contributed by atoms with van der Waals surface area (Å²) in [5.74, 6) is 0.536. The molecule has 0 radical (unpaired) electrons. The largest absolute Gasteiger partial charge is 0.315 e. The topological polar surface area (TPSA) is 29.9 Å². The van der Waals surface area contributed by atoms with Crippen LogP contribution in [0.2, 0.25) is 5.02 Å². The highest BCUT2D eigenvalue weighted by Gasteiger charge is 2.20.